The van der Waals surface area contributed by atoms with Crippen molar-refractivity contribution < 1.29 is 9.59 Å². The van der Waals surface area contributed by atoms with Gasteiger partial charge in [-0.05, 0) is 38.3 Å². The van der Waals surface area contributed by atoms with E-state index in [1.165, 1.54) is 4.52 Å². The first-order chi connectivity index (χ1) is 14.7. The largest absolute Gasteiger partial charge is 0.330 e. The summed E-state index contributed by atoms with van der Waals surface area (Å²) in [6.07, 6.45) is 1.67. The van der Waals surface area contributed by atoms with Gasteiger partial charge in [0, 0.05) is 18.3 Å². The number of rotatable bonds is 5. The van der Waals surface area contributed by atoms with Crippen LogP contribution in [0.15, 0.2) is 29.2 Å². The van der Waals surface area contributed by atoms with Gasteiger partial charge in [0.2, 0.25) is 5.91 Å². The standard InChI is InChI=1S/C22H26N6O3/c1-12(2)16-8-19-27(11-18(29)24-17-7-6-14(5)9-23-17)20-15(21(30)28(19)25-16)10-26(13(3)4)22(20)31/h6-9,12-13H,10-11H2,1-5H3,(H,23,24,29). The fraction of sp³-hybridized carbons (Fsp3) is 0.409. The van der Waals surface area contributed by atoms with Crippen LogP contribution < -0.4 is 10.9 Å². The number of carbonyl (C=O) groups is 2. The second-order valence-electron chi connectivity index (χ2n) is 8.51. The highest BCUT2D eigenvalue weighted by atomic mass is 16.2. The van der Waals surface area contributed by atoms with Gasteiger partial charge in [0.15, 0.2) is 0 Å². The van der Waals surface area contributed by atoms with Crippen LogP contribution in [0.2, 0.25) is 0 Å². The van der Waals surface area contributed by atoms with Crippen LogP contribution in [-0.4, -0.2) is 41.9 Å². The Hall–Kier alpha value is -3.49. The fourth-order valence-electron chi connectivity index (χ4n) is 3.73. The Morgan fingerprint density at radius 3 is 2.55 bits per heavy atom. The van der Waals surface area contributed by atoms with E-state index in [4.69, 9.17) is 0 Å². The lowest BCUT2D eigenvalue weighted by Crippen LogP contribution is -2.32. The maximum atomic E-state index is 13.2. The fourth-order valence-corrected chi connectivity index (χ4v) is 3.73. The number of aromatic nitrogens is 4. The molecule has 3 aromatic heterocycles. The third kappa shape index (κ3) is 3.60. The molecule has 0 radical (unpaired) electrons. The minimum absolute atomic E-state index is 0.0723. The average Bonchev–Trinajstić information content (AvgIpc) is 3.30. The monoisotopic (exact) mass is 422 g/mol. The van der Waals surface area contributed by atoms with Crippen molar-refractivity contribution in [1.82, 2.24) is 24.1 Å². The first kappa shape index (κ1) is 20.8. The minimum Gasteiger partial charge on any atom is -0.330 e. The van der Waals surface area contributed by atoms with Gasteiger partial charge in [-0.15, -0.1) is 0 Å². The van der Waals surface area contributed by atoms with Crippen molar-refractivity contribution in [2.45, 2.75) is 59.7 Å². The van der Waals surface area contributed by atoms with E-state index in [1.807, 2.05) is 40.7 Å². The van der Waals surface area contributed by atoms with Gasteiger partial charge < -0.3 is 14.8 Å². The summed E-state index contributed by atoms with van der Waals surface area (Å²) in [6, 6.07) is 5.28. The molecule has 0 aliphatic carbocycles. The van der Waals surface area contributed by atoms with Crippen molar-refractivity contribution >= 4 is 23.3 Å². The molecule has 0 aromatic carbocycles. The molecule has 0 bridgehead atoms. The lowest BCUT2D eigenvalue weighted by atomic mass is 10.1. The molecule has 1 N–H and O–H groups in total. The van der Waals surface area contributed by atoms with Gasteiger partial charge in [-0.3, -0.25) is 14.4 Å². The van der Waals surface area contributed by atoms with Crippen LogP contribution in [0.25, 0.3) is 5.65 Å². The Labute approximate surface area is 179 Å². The van der Waals surface area contributed by atoms with E-state index in [-0.39, 0.29) is 48.1 Å². The number of nitrogens with one attached hydrogen (secondary N) is 1. The number of hydrogen-bond donors (Lipinski definition) is 1. The summed E-state index contributed by atoms with van der Waals surface area (Å²) in [5, 5.41) is 7.22. The van der Waals surface area contributed by atoms with Crippen molar-refractivity contribution in [3.8, 4) is 0 Å². The maximum Gasteiger partial charge on any atom is 0.280 e. The van der Waals surface area contributed by atoms with E-state index in [0.717, 1.165) is 11.3 Å². The normalized spacial score (nSPS) is 13.5. The Bertz CT molecular complexity index is 1240. The summed E-state index contributed by atoms with van der Waals surface area (Å²) in [6.45, 7) is 9.74. The van der Waals surface area contributed by atoms with Crippen LogP contribution >= 0.6 is 0 Å². The van der Waals surface area contributed by atoms with Gasteiger partial charge in [-0.1, -0.05) is 19.9 Å². The topological polar surface area (TPSA) is 102 Å². The van der Waals surface area contributed by atoms with Gasteiger partial charge in [-0.25, -0.2) is 4.98 Å². The molecule has 162 valence electrons. The van der Waals surface area contributed by atoms with E-state index in [2.05, 4.69) is 15.4 Å². The van der Waals surface area contributed by atoms with E-state index in [1.54, 1.807) is 27.8 Å². The molecule has 0 atom stereocenters. The van der Waals surface area contributed by atoms with E-state index in [9.17, 15) is 14.4 Å². The van der Waals surface area contributed by atoms with Gasteiger partial charge in [0.1, 0.15) is 23.7 Å². The summed E-state index contributed by atoms with van der Waals surface area (Å²) >= 11 is 0. The number of pyridine rings is 1. The molecule has 0 fully saturated rings. The van der Waals surface area contributed by atoms with Crippen molar-refractivity contribution in [2.24, 2.45) is 0 Å². The number of fused-ring (bicyclic) bond motifs is 2. The van der Waals surface area contributed by atoms with Crippen LogP contribution in [0.3, 0.4) is 0 Å². The number of nitrogens with zero attached hydrogens (tertiary/aromatic N) is 5. The lowest BCUT2D eigenvalue weighted by molar-refractivity contribution is -0.116. The second-order valence-corrected chi connectivity index (χ2v) is 8.51. The van der Waals surface area contributed by atoms with Crippen LogP contribution in [0.4, 0.5) is 5.82 Å². The van der Waals surface area contributed by atoms with E-state index < -0.39 is 0 Å². The summed E-state index contributed by atoms with van der Waals surface area (Å²) in [5.41, 5.74) is 2.45. The summed E-state index contributed by atoms with van der Waals surface area (Å²) in [4.78, 5) is 45.0. The molecule has 0 spiro atoms. The molecule has 0 unspecified atom stereocenters. The molecule has 9 heteroatoms. The zero-order valence-electron chi connectivity index (χ0n) is 18.3. The van der Waals surface area contributed by atoms with Gasteiger partial charge in [-0.2, -0.15) is 9.61 Å². The van der Waals surface area contributed by atoms with E-state index >= 15 is 0 Å². The number of aryl methyl sites for hydroxylation is 1. The summed E-state index contributed by atoms with van der Waals surface area (Å²) in [5.74, 6) is -0.0720. The predicted octanol–water partition coefficient (Wildman–Crippen LogP) is 2.33. The molecule has 9 nitrogen and oxygen atoms in total. The number of amides is 2. The van der Waals surface area contributed by atoms with Gasteiger partial charge in [0.25, 0.3) is 11.5 Å². The molecule has 3 aromatic rings. The van der Waals surface area contributed by atoms with Crippen molar-refractivity contribution in [1.29, 1.82) is 0 Å². The third-order valence-electron chi connectivity index (χ3n) is 5.48. The minimum atomic E-state index is -0.341. The molecule has 0 saturated heterocycles. The van der Waals surface area contributed by atoms with Crippen LogP contribution in [0, 0.1) is 6.92 Å². The lowest BCUT2D eigenvalue weighted by Gasteiger charge is -2.20. The molecule has 1 aliphatic rings. The van der Waals surface area contributed by atoms with Crippen molar-refractivity contribution in [2.75, 3.05) is 5.32 Å². The van der Waals surface area contributed by atoms with Gasteiger partial charge in [0.05, 0.1) is 17.8 Å². The Kier molecular flexibility index (Phi) is 5.12. The van der Waals surface area contributed by atoms with Crippen LogP contribution in [0.5, 0.6) is 0 Å². The van der Waals surface area contributed by atoms with Crippen LogP contribution in [-0.2, 0) is 17.9 Å². The summed E-state index contributed by atoms with van der Waals surface area (Å²) < 4.78 is 2.91. The molecule has 31 heavy (non-hydrogen) atoms. The quantitative estimate of drug-likeness (QED) is 0.680. The SMILES string of the molecule is Cc1ccc(NC(=O)Cn2c3c(c(=O)n4nc(C(C)C)cc24)CN(C(C)C)C3=O)nc1. The number of anilines is 1. The summed E-state index contributed by atoms with van der Waals surface area (Å²) in [7, 11) is 0. The molecule has 4 heterocycles. The third-order valence-corrected chi connectivity index (χ3v) is 5.48. The molecule has 1 aliphatic heterocycles. The zero-order valence-corrected chi connectivity index (χ0v) is 18.3. The maximum absolute atomic E-state index is 13.2. The van der Waals surface area contributed by atoms with Crippen molar-refractivity contribution in [3.63, 3.8) is 0 Å². The molecule has 4 rings (SSSR count). The second kappa shape index (κ2) is 7.64. The molecular formula is C22H26N6O3. The zero-order chi connectivity index (χ0) is 22.4. The van der Waals surface area contributed by atoms with Gasteiger partial charge >= 0.3 is 0 Å². The molecule has 0 saturated carbocycles. The Morgan fingerprint density at radius 2 is 1.94 bits per heavy atom. The molecular weight excluding hydrogens is 396 g/mol. The highest BCUT2D eigenvalue weighted by Gasteiger charge is 2.36. The molecule has 2 amide bonds. The highest BCUT2D eigenvalue weighted by molar-refractivity contribution is 5.98. The smallest absolute Gasteiger partial charge is 0.280 e. The van der Waals surface area contributed by atoms with Crippen molar-refractivity contribution in [3.05, 3.63) is 57.3 Å². The number of hydrogen-bond acceptors (Lipinski definition) is 5. The average molecular weight is 422 g/mol. The Balaban J connectivity index is 1.82. The predicted molar refractivity (Wildman–Crippen MR) is 116 cm³/mol. The van der Waals surface area contributed by atoms with Crippen LogP contribution in [0.1, 0.15) is 60.9 Å². The van der Waals surface area contributed by atoms with E-state index in [0.29, 0.717) is 17.0 Å². The first-order valence-corrected chi connectivity index (χ1v) is 10.4. The Morgan fingerprint density at radius 1 is 1.19 bits per heavy atom. The highest BCUT2D eigenvalue weighted by Crippen LogP contribution is 2.25. The number of carbonyl (C=O) groups excluding carboxylic acids is 2. The first-order valence-electron chi connectivity index (χ1n) is 10.4.